The smallest absolute Gasteiger partial charge is 0.343 e. The van der Waals surface area contributed by atoms with Crippen molar-refractivity contribution in [2.24, 2.45) is 7.05 Å². The zero-order chi connectivity index (χ0) is 18.9. The zero-order valence-corrected chi connectivity index (χ0v) is 14.0. The van der Waals surface area contributed by atoms with E-state index in [2.05, 4.69) is 15.5 Å². The molecule has 0 saturated heterocycles. The van der Waals surface area contributed by atoms with Crippen LogP contribution >= 0.6 is 0 Å². The van der Waals surface area contributed by atoms with Crippen molar-refractivity contribution in [3.8, 4) is 0 Å². The summed E-state index contributed by atoms with van der Waals surface area (Å²) < 4.78 is 40.4. The van der Waals surface area contributed by atoms with Gasteiger partial charge in [0.2, 0.25) is 0 Å². The molecule has 2 heterocycles. The molecular weight excluding hydrogens is 341 g/mol. The second-order valence-electron chi connectivity index (χ2n) is 5.41. The molecule has 0 radical (unpaired) electrons. The Morgan fingerprint density at radius 3 is 2.44 bits per heavy atom. The number of aryl methyl sites for hydroxylation is 2. The second-order valence-corrected chi connectivity index (χ2v) is 5.41. The maximum absolute atomic E-state index is 12.8. The average Bonchev–Trinajstić information content (AvgIpc) is 3.09. The van der Waals surface area contributed by atoms with Crippen molar-refractivity contribution in [2.75, 3.05) is 19.4 Å². The molecule has 0 aliphatic rings. The minimum atomic E-state index is -4.63. The fourth-order valence-electron chi connectivity index (χ4n) is 2.18. The SMILES string of the molecule is CCn1ncc(NC(=O)c2cc(C(F)(F)F)n(C)n2)c1C(=O)N(C)C. The lowest BCUT2D eigenvalue weighted by Gasteiger charge is -2.13. The Kier molecular flexibility index (Phi) is 4.86. The fraction of sp³-hybridized carbons (Fsp3) is 0.429. The van der Waals surface area contributed by atoms with Crippen molar-refractivity contribution in [1.82, 2.24) is 24.5 Å². The predicted molar refractivity (Wildman–Crippen MR) is 82.1 cm³/mol. The molecule has 1 N–H and O–H groups in total. The van der Waals surface area contributed by atoms with Gasteiger partial charge in [0.05, 0.1) is 11.9 Å². The average molecular weight is 358 g/mol. The van der Waals surface area contributed by atoms with Gasteiger partial charge in [0.25, 0.3) is 11.8 Å². The summed E-state index contributed by atoms with van der Waals surface area (Å²) in [6.07, 6.45) is -3.36. The topological polar surface area (TPSA) is 85.0 Å². The van der Waals surface area contributed by atoms with E-state index in [1.54, 1.807) is 6.92 Å². The normalized spacial score (nSPS) is 11.5. The Labute approximate surface area is 141 Å². The lowest BCUT2D eigenvalue weighted by molar-refractivity contribution is -0.143. The van der Waals surface area contributed by atoms with E-state index in [4.69, 9.17) is 0 Å². The summed E-state index contributed by atoms with van der Waals surface area (Å²) in [5.41, 5.74) is -1.23. The van der Waals surface area contributed by atoms with Crippen LogP contribution in [0.1, 0.15) is 33.6 Å². The number of aromatic nitrogens is 4. The molecular formula is C14H17F3N6O2. The van der Waals surface area contributed by atoms with E-state index < -0.39 is 29.4 Å². The molecule has 0 aromatic carbocycles. The van der Waals surface area contributed by atoms with Crippen LogP contribution in [0.25, 0.3) is 0 Å². The van der Waals surface area contributed by atoms with Crippen molar-refractivity contribution in [2.45, 2.75) is 19.6 Å². The summed E-state index contributed by atoms with van der Waals surface area (Å²) in [6.45, 7) is 2.14. The number of amides is 2. The van der Waals surface area contributed by atoms with Gasteiger partial charge in [-0.05, 0) is 6.92 Å². The molecule has 11 heteroatoms. The molecule has 0 fully saturated rings. The van der Waals surface area contributed by atoms with Gasteiger partial charge in [-0.15, -0.1) is 0 Å². The standard InChI is InChI=1S/C14H17F3N6O2/c1-5-23-11(13(25)21(2)3)9(7-18-23)19-12(24)8-6-10(14(15,16)17)22(4)20-8/h6-7H,5H2,1-4H3,(H,19,24). The number of nitrogens with one attached hydrogen (secondary N) is 1. The maximum Gasteiger partial charge on any atom is 0.433 e. The van der Waals surface area contributed by atoms with E-state index in [1.165, 1.54) is 29.9 Å². The molecule has 0 unspecified atom stereocenters. The number of hydrogen-bond donors (Lipinski definition) is 1. The number of alkyl halides is 3. The molecule has 0 aliphatic carbocycles. The third kappa shape index (κ3) is 3.64. The Morgan fingerprint density at radius 1 is 1.32 bits per heavy atom. The predicted octanol–water partition coefficient (Wildman–Crippen LogP) is 1.61. The van der Waals surface area contributed by atoms with Gasteiger partial charge in [-0.2, -0.15) is 23.4 Å². The largest absolute Gasteiger partial charge is 0.433 e. The highest BCUT2D eigenvalue weighted by atomic mass is 19.4. The Hall–Kier alpha value is -2.85. The minimum Gasteiger partial charge on any atom is -0.343 e. The summed E-state index contributed by atoms with van der Waals surface area (Å²) >= 11 is 0. The van der Waals surface area contributed by atoms with Crippen molar-refractivity contribution >= 4 is 17.5 Å². The van der Waals surface area contributed by atoms with Crippen LogP contribution in [0, 0.1) is 0 Å². The van der Waals surface area contributed by atoms with Crippen LogP contribution in [0.5, 0.6) is 0 Å². The van der Waals surface area contributed by atoms with Crippen LogP contribution in [-0.2, 0) is 19.8 Å². The summed E-state index contributed by atoms with van der Waals surface area (Å²) in [5.74, 6) is -1.26. The van der Waals surface area contributed by atoms with Gasteiger partial charge in [0.1, 0.15) is 11.4 Å². The van der Waals surface area contributed by atoms with Crippen LogP contribution in [0.15, 0.2) is 12.3 Å². The Balaban J connectivity index is 2.33. The molecule has 2 rings (SSSR count). The molecule has 8 nitrogen and oxygen atoms in total. The highest BCUT2D eigenvalue weighted by Gasteiger charge is 2.36. The summed E-state index contributed by atoms with van der Waals surface area (Å²) in [7, 11) is 4.17. The molecule has 2 aromatic heterocycles. The molecule has 0 spiro atoms. The Morgan fingerprint density at radius 2 is 1.96 bits per heavy atom. The highest BCUT2D eigenvalue weighted by molar-refractivity contribution is 6.07. The van der Waals surface area contributed by atoms with Crippen molar-refractivity contribution in [3.63, 3.8) is 0 Å². The quantitative estimate of drug-likeness (QED) is 0.900. The first kappa shape index (κ1) is 18.5. The van der Waals surface area contributed by atoms with Crippen LogP contribution in [0.4, 0.5) is 18.9 Å². The van der Waals surface area contributed by atoms with Crippen molar-refractivity contribution in [1.29, 1.82) is 0 Å². The van der Waals surface area contributed by atoms with Gasteiger partial charge in [0.15, 0.2) is 5.69 Å². The van der Waals surface area contributed by atoms with E-state index in [1.807, 2.05) is 0 Å². The van der Waals surface area contributed by atoms with Gasteiger partial charge < -0.3 is 10.2 Å². The van der Waals surface area contributed by atoms with E-state index in [0.29, 0.717) is 17.3 Å². The van der Waals surface area contributed by atoms with Crippen molar-refractivity contribution < 1.29 is 22.8 Å². The monoisotopic (exact) mass is 358 g/mol. The van der Waals surface area contributed by atoms with Crippen LogP contribution in [0.3, 0.4) is 0 Å². The number of rotatable bonds is 4. The number of nitrogens with zero attached hydrogens (tertiary/aromatic N) is 5. The van der Waals surface area contributed by atoms with Crippen LogP contribution in [0.2, 0.25) is 0 Å². The molecule has 2 amide bonds. The molecule has 0 bridgehead atoms. The first-order valence-corrected chi connectivity index (χ1v) is 7.26. The van der Waals surface area contributed by atoms with Gasteiger partial charge in [0, 0.05) is 33.8 Å². The lowest BCUT2D eigenvalue weighted by atomic mass is 10.3. The molecule has 0 saturated carbocycles. The number of carbonyl (C=O) groups is 2. The summed E-state index contributed by atoms with van der Waals surface area (Å²) in [5, 5.41) is 9.96. The number of carbonyl (C=O) groups excluding carboxylic acids is 2. The summed E-state index contributed by atoms with van der Waals surface area (Å²) in [4.78, 5) is 25.8. The van der Waals surface area contributed by atoms with E-state index in [0.717, 1.165) is 7.05 Å². The van der Waals surface area contributed by atoms with Gasteiger partial charge in [-0.3, -0.25) is 19.0 Å². The zero-order valence-electron chi connectivity index (χ0n) is 14.0. The maximum atomic E-state index is 12.8. The first-order chi connectivity index (χ1) is 11.6. The number of anilines is 1. The van der Waals surface area contributed by atoms with Gasteiger partial charge in [-0.25, -0.2) is 0 Å². The molecule has 25 heavy (non-hydrogen) atoms. The molecule has 2 aromatic rings. The summed E-state index contributed by atoms with van der Waals surface area (Å²) in [6, 6.07) is 0.646. The number of hydrogen-bond acceptors (Lipinski definition) is 4. The van der Waals surface area contributed by atoms with Crippen molar-refractivity contribution in [3.05, 3.63) is 29.3 Å². The minimum absolute atomic E-state index is 0.102. The van der Waals surface area contributed by atoms with Gasteiger partial charge >= 0.3 is 6.18 Å². The van der Waals surface area contributed by atoms with Crippen LogP contribution < -0.4 is 5.32 Å². The van der Waals surface area contributed by atoms with Crippen LogP contribution in [-0.4, -0.2) is 50.4 Å². The molecule has 136 valence electrons. The molecule has 0 atom stereocenters. The Bertz CT molecular complexity index is 806. The second kappa shape index (κ2) is 6.57. The van der Waals surface area contributed by atoms with E-state index >= 15 is 0 Å². The fourth-order valence-corrected chi connectivity index (χ4v) is 2.18. The first-order valence-electron chi connectivity index (χ1n) is 7.26. The third-order valence-electron chi connectivity index (χ3n) is 3.40. The third-order valence-corrected chi connectivity index (χ3v) is 3.40. The molecule has 0 aliphatic heterocycles. The number of halogens is 3. The van der Waals surface area contributed by atoms with E-state index in [-0.39, 0.29) is 11.4 Å². The highest BCUT2D eigenvalue weighted by Crippen LogP contribution is 2.29. The van der Waals surface area contributed by atoms with Gasteiger partial charge in [-0.1, -0.05) is 0 Å². The lowest BCUT2D eigenvalue weighted by Crippen LogP contribution is -2.26. The van der Waals surface area contributed by atoms with E-state index in [9.17, 15) is 22.8 Å².